The van der Waals surface area contributed by atoms with Crippen molar-refractivity contribution in [3.8, 4) is 0 Å². The lowest BCUT2D eigenvalue weighted by molar-refractivity contribution is -0.136. The highest BCUT2D eigenvalue weighted by molar-refractivity contribution is 6.04. The highest BCUT2D eigenvalue weighted by atomic mass is 19.1. The summed E-state index contributed by atoms with van der Waals surface area (Å²) in [5, 5.41) is 11.9. The largest absolute Gasteiger partial charge is 0.481 e. The Balaban J connectivity index is 1.68. The van der Waals surface area contributed by atoms with E-state index in [0.717, 1.165) is 5.56 Å². The van der Waals surface area contributed by atoms with Gasteiger partial charge in [0.05, 0.1) is 6.42 Å². The molecule has 160 valence electrons. The van der Waals surface area contributed by atoms with E-state index in [0.29, 0.717) is 40.4 Å². The van der Waals surface area contributed by atoms with Gasteiger partial charge in [0.25, 0.3) is 5.91 Å². The van der Waals surface area contributed by atoms with Crippen molar-refractivity contribution in [1.82, 2.24) is 9.97 Å². The van der Waals surface area contributed by atoms with Gasteiger partial charge in [0.1, 0.15) is 18.3 Å². The second-order valence-corrected chi connectivity index (χ2v) is 7.26. The van der Waals surface area contributed by atoms with Crippen LogP contribution in [0.15, 0.2) is 54.7 Å². The monoisotopic (exact) mass is 422 g/mol. The summed E-state index contributed by atoms with van der Waals surface area (Å²) in [4.78, 5) is 33.9. The van der Waals surface area contributed by atoms with Gasteiger partial charge in [0, 0.05) is 43.5 Å². The topological polar surface area (TPSA) is 95.4 Å². The molecule has 0 radical (unpaired) electrons. The fourth-order valence-electron chi connectivity index (χ4n) is 3.03. The summed E-state index contributed by atoms with van der Waals surface area (Å²) < 4.78 is 12.6. The van der Waals surface area contributed by atoms with Crippen molar-refractivity contribution in [2.75, 3.05) is 24.3 Å². The summed E-state index contributed by atoms with van der Waals surface area (Å²) in [6.45, 7) is -0.564. The number of aromatic nitrogens is 2. The number of hydrogen-bond acceptors (Lipinski definition) is 5. The van der Waals surface area contributed by atoms with Crippen LogP contribution in [0.25, 0.3) is 0 Å². The molecule has 2 aromatic carbocycles. The lowest BCUT2D eigenvalue weighted by Crippen LogP contribution is -2.17. The summed E-state index contributed by atoms with van der Waals surface area (Å²) in [7, 11) is 3.61. The Bertz CT molecular complexity index is 1070. The number of nitrogens with zero attached hydrogens (tertiary/aromatic N) is 3. The van der Waals surface area contributed by atoms with Crippen LogP contribution in [-0.2, 0) is 24.3 Å². The van der Waals surface area contributed by atoms with Crippen LogP contribution in [0.5, 0.6) is 0 Å². The molecule has 7 nitrogen and oxygen atoms in total. The Morgan fingerprint density at radius 1 is 1.03 bits per heavy atom. The van der Waals surface area contributed by atoms with E-state index >= 15 is 0 Å². The van der Waals surface area contributed by atoms with Crippen molar-refractivity contribution in [3.63, 3.8) is 0 Å². The molecule has 1 amide bonds. The van der Waals surface area contributed by atoms with Crippen LogP contribution >= 0.6 is 0 Å². The van der Waals surface area contributed by atoms with Crippen molar-refractivity contribution in [2.45, 2.75) is 19.5 Å². The molecule has 0 aliphatic carbocycles. The zero-order valence-corrected chi connectivity index (χ0v) is 17.3. The van der Waals surface area contributed by atoms with Crippen LogP contribution in [0.2, 0.25) is 0 Å². The summed E-state index contributed by atoms with van der Waals surface area (Å²) >= 11 is 0. The van der Waals surface area contributed by atoms with Crippen LogP contribution < -0.4 is 10.2 Å². The molecule has 0 fully saturated rings. The molecule has 31 heavy (non-hydrogen) atoms. The normalized spacial score (nSPS) is 10.5. The van der Waals surface area contributed by atoms with Crippen molar-refractivity contribution in [3.05, 3.63) is 82.8 Å². The number of rotatable bonds is 8. The van der Waals surface area contributed by atoms with Crippen LogP contribution in [-0.4, -0.2) is 41.0 Å². The summed E-state index contributed by atoms with van der Waals surface area (Å²) in [5.41, 5.74) is 3.11. The van der Waals surface area contributed by atoms with Gasteiger partial charge in [0.15, 0.2) is 0 Å². The van der Waals surface area contributed by atoms with E-state index in [2.05, 4.69) is 15.3 Å². The molecule has 0 spiro atoms. The third kappa shape index (κ3) is 5.85. The fraction of sp³-hybridized carbons (Fsp3) is 0.217. The van der Waals surface area contributed by atoms with E-state index in [1.165, 1.54) is 0 Å². The maximum Gasteiger partial charge on any atom is 0.308 e. The highest BCUT2D eigenvalue weighted by Gasteiger charge is 2.13. The smallest absolute Gasteiger partial charge is 0.308 e. The summed E-state index contributed by atoms with van der Waals surface area (Å²) in [5.74, 6) is -0.0563. The van der Waals surface area contributed by atoms with Gasteiger partial charge < -0.3 is 15.3 Å². The molecular formula is C23H23FN4O3. The van der Waals surface area contributed by atoms with E-state index in [1.807, 2.05) is 12.1 Å². The van der Waals surface area contributed by atoms with Gasteiger partial charge in [-0.2, -0.15) is 0 Å². The fourth-order valence-corrected chi connectivity index (χ4v) is 3.03. The van der Waals surface area contributed by atoms with Gasteiger partial charge in [0.2, 0.25) is 0 Å². The van der Waals surface area contributed by atoms with Crippen LogP contribution in [0.3, 0.4) is 0 Å². The number of anilines is 2. The quantitative estimate of drug-likeness (QED) is 0.577. The first-order valence-corrected chi connectivity index (χ1v) is 9.65. The Hall–Kier alpha value is -3.81. The average molecular weight is 422 g/mol. The molecule has 1 heterocycles. The first-order valence-electron chi connectivity index (χ1n) is 9.65. The van der Waals surface area contributed by atoms with Crippen LogP contribution in [0.4, 0.5) is 15.9 Å². The van der Waals surface area contributed by atoms with Crippen molar-refractivity contribution in [1.29, 1.82) is 0 Å². The molecule has 0 bridgehead atoms. The maximum absolute atomic E-state index is 12.6. The number of halogens is 1. The van der Waals surface area contributed by atoms with Gasteiger partial charge in [-0.1, -0.05) is 24.3 Å². The number of carboxylic acids is 1. The number of carbonyl (C=O) groups is 2. The van der Waals surface area contributed by atoms with E-state index in [4.69, 9.17) is 5.11 Å². The molecule has 0 atom stereocenters. The number of aliphatic carboxylic acids is 1. The predicted octanol–water partition coefficient (Wildman–Crippen LogP) is 3.48. The van der Waals surface area contributed by atoms with Gasteiger partial charge in [-0.3, -0.25) is 9.59 Å². The van der Waals surface area contributed by atoms with Crippen LogP contribution in [0, 0.1) is 0 Å². The second-order valence-electron chi connectivity index (χ2n) is 7.26. The molecule has 0 unspecified atom stereocenters. The average Bonchev–Trinajstić information content (AvgIpc) is 2.75. The Morgan fingerprint density at radius 3 is 2.26 bits per heavy atom. The molecule has 2 N–H and O–H groups in total. The molecule has 3 aromatic rings. The van der Waals surface area contributed by atoms with E-state index < -0.39 is 12.6 Å². The van der Waals surface area contributed by atoms with E-state index in [1.54, 1.807) is 61.6 Å². The van der Waals surface area contributed by atoms with Gasteiger partial charge in [-0.05, 0) is 35.4 Å². The lowest BCUT2D eigenvalue weighted by atomic mass is 10.1. The molecule has 8 heteroatoms. The number of benzene rings is 2. The number of alkyl halides is 1. The lowest BCUT2D eigenvalue weighted by Gasteiger charge is -2.16. The molecule has 0 aliphatic heterocycles. The summed E-state index contributed by atoms with van der Waals surface area (Å²) in [6.07, 6.45) is 1.88. The molecule has 0 saturated carbocycles. The third-order valence-corrected chi connectivity index (χ3v) is 4.60. The number of amides is 1. The standard InChI is InChI=1S/C23H23FN4O3/c1-28(2)22-18(12-21(29)30)14-25-20(27-22)11-15-5-9-19(10-6-15)26-23(31)17-7-3-16(13-24)4-8-17/h3-10,14H,11-13H2,1-2H3,(H,26,31)(H,29,30). The molecular weight excluding hydrogens is 399 g/mol. The minimum absolute atomic E-state index is 0.140. The van der Waals surface area contributed by atoms with Crippen molar-refractivity contribution < 1.29 is 19.1 Å². The number of carboxylic acid groups (broad SMARTS) is 1. The maximum atomic E-state index is 12.6. The molecule has 0 saturated heterocycles. The van der Waals surface area contributed by atoms with Crippen LogP contribution in [0.1, 0.15) is 32.9 Å². The number of hydrogen-bond donors (Lipinski definition) is 2. The minimum Gasteiger partial charge on any atom is -0.481 e. The first kappa shape index (κ1) is 21.9. The highest BCUT2D eigenvalue weighted by Crippen LogP contribution is 2.18. The number of carbonyl (C=O) groups excluding carboxylic acids is 1. The minimum atomic E-state index is -0.935. The zero-order chi connectivity index (χ0) is 22.4. The van der Waals surface area contributed by atoms with Crippen molar-refractivity contribution >= 4 is 23.4 Å². The molecule has 1 aromatic heterocycles. The van der Waals surface area contributed by atoms with Gasteiger partial charge in [-0.25, -0.2) is 14.4 Å². The zero-order valence-electron chi connectivity index (χ0n) is 17.3. The molecule has 0 aliphatic rings. The summed E-state index contributed by atoms with van der Waals surface area (Å²) in [6, 6.07) is 13.7. The third-order valence-electron chi connectivity index (χ3n) is 4.60. The Morgan fingerprint density at radius 2 is 1.68 bits per heavy atom. The first-order chi connectivity index (χ1) is 14.9. The Labute approximate surface area is 179 Å². The van der Waals surface area contributed by atoms with E-state index in [-0.39, 0.29) is 12.3 Å². The number of nitrogens with one attached hydrogen (secondary N) is 1. The van der Waals surface area contributed by atoms with Crippen molar-refractivity contribution in [2.24, 2.45) is 0 Å². The van der Waals surface area contributed by atoms with Gasteiger partial charge >= 0.3 is 5.97 Å². The van der Waals surface area contributed by atoms with E-state index in [9.17, 15) is 14.0 Å². The van der Waals surface area contributed by atoms with Gasteiger partial charge in [-0.15, -0.1) is 0 Å². The predicted molar refractivity (Wildman–Crippen MR) is 116 cm³/mol. The SMILES string of the molecule is CN(C)c1nc(Cc2ccc(NC(=O)c3ccc(CF)cc3)cc2)ncc1CC(=O)O. The second kappa shape index (κ2) is 9.80. The Kier molecular flexibility index (Phi) is 6.92. The molecule has 3 rings (SSSR count).